The number of ether oxygens (including phenoxy) is 1. The van der Waals surface area contributed by atoms with Crippen molar-refractivity contribution in [3.05, 3.63) is 101 Å². The topological polar surface area (TPSA) is 58.6 Å². The van der Waals surface area contributed by atoms with E-state index >= 15 is 0 Å². The Morgan fingerprint density at radius 3 is 2.19 bits per heavy atom. The molecule has 5 heteroatoms. The number of carbonyl (C=O) groups is 2. The van der Waals surface area contributed by atoms with E-state index in [-0.39, 0.29) is 24.5 Å². The molecule has 0 fully saturated rings. The van der Waals surface area contributed by atoms with Crippen LogP contribution in [-0.4, -0.2) is 35.4 Å². The van der Waals surface area contributed by atoms with Crippen LogP contribution in [0.25, 0.3) is 0 Å². The van der Waals surface area contributed by atoms with Gasteiger partial charge in [0.25, 0.3) is 5.91 Å². The lowest BCUT2D eigenvalue weighted by atomic mass is 10.0. The molecule has 0 unspecified atom stereocenters. The number of hydrogen-bond donors (Lipinski definition) is 1. The lowest BCUT2D eigenvalue weighted by Crippen LogP contribution is -2.53. The van der Waals surface area contributed by atoms with Crippen LogP contribution in [0, 0.1) is 6.92 Å². The second kappa shape index (κ2) is 13.6. The van der Waals surface area contributed by atoms with Crippen LogP contribution in [0.3, 0.4) is 0 Å². The monoisotopic (exact) mass is 500 g/mol. The molecule has 37 heavy (non-hydrogen) atoms. The Labute approximate surface area is 221 Å². The minimum atomic E-state index is -0.670. The molecule has 0 aliphatic rings. The first-order valence-corrected chi connectivity index (χ1v) is 13.2. The van der Waals surface area contributed by atoms with Crippen LogP contribution in [0.15, 0.2) is 78.9 Å². The third-order valence-electron chi connectivity index (χ3n) is 6.62. The van der Waals surface area contributed by atoms with Crippen molar-refractivity contribution in [2.24, 2.45) is 0 Å². The van der Waals surface area contributed by atoms with Crippen LogP contribution in [0.5, 0.6) is 5.75 Å². The maximum Gasteiger partial charge on any atom is 0.261 e. The molecular formula is C32H40N2O3. The second-order valence-corrected chi connectivity index (χ2v) is 10.0. The number of carbonyl (C=O) groups excluding carboxylic acids is 2. The molecule has 3 rings (SSSR count). The molecule has 0 bridgehead atoms. The number of nitrogens with one attached hydrogen (secondary N) is 1. The van der Waals surface area contributed by atoms with Crippen molar-refractivity contribution in [1.29, 1.82) is 0 Å². The third kappa shape index (κ3) is 8.49. The number of amides is 2. The zero-order valence-electron chi connectivity index (χ0n) is 22.7. The van der Waals surface area contributed by atoms with Gasteiger partial charge in [0.05, 0.1) is 0 Å². The van der Waals surface area contributed by atoms with Gasteiger partial charge in [0.1, 0.15) is 11.8 Å². The van der Waals surface area contributed by atoms with E-state index in [0.717, 1.165) is 23.1 Å². The predicted molar refractivity (Wildman–Crippen MR) is 150 cm³/mol. The molecule has 2 atom stereocenters. The number of nitrogens with zero attached hydrogens (tertiary/aromatic N) is 1. The highest BCUT2D eigenvalue weighted by atomic mass is 16.5. The van der Waals surface area contributed by atoms with Gasteiger partial charge in [-0.05, 0) is 55.0 Å². The quantitative estimate of drug-likeness (QED) is 0.329. The van der Waals surface area contributed by atoms with Crippen LogP contribution >= 0.6 is 0 Å². The molecule has 196 valence electrons. The molecule has 3 aromatic rings. The smallest absolute Gasteiger partial charge is 0.261 e. The van der Waals surface area contributed by atoms with Gasteiger partial charge < -0.3 is 15.0 Å². The van der Waals surface area contributed by atoms with Gasteiger partial charge in [-0.25, -0.2) is 0 Å². The molecule has 0 aliphatic heterocycles. The molecule has 0 aromatic heterocycles. The minimum absolute atomic E-state index is 0.0115. The molecule has 0 radical (unpaired) electrons. The Bertz CT molecular complexity index is 1140. The highest BCUT2D eigenvalue weighted by molar-refractivity contribution is 5.88. The van der Waals surface area contributed by atoms with Gasteiger partial charge >= 0.3 is 0 Å². The fourth-order valence-electron chi connectivity index (χ4n) is 4.18. The normalized spacial score (nSPS) is 12.6. The Kier molecular flexibility index (Phi) is 10.3. The first-order chi connectivity index (χ1) is 17.8. The average Bonchev–Trinajstić information content (AvgIpc) is 2.90. The SMILES string of the molecule is CC[C@H](C)NC(=O)[C@@H](Cc1ccccc1)N(Cc1cccc(C)c1)C(=O)COc1ccc(C(C)C)cc1. The fraction of sp³-hybridized carbons (Fsp3) is 0.375. The molecule has 0 saturated heterocycles. The van der Waals surface area contributed by atoms with E-state index in [4.69, 9.17) is 4.74 Å². The first kappa shape index (κ1) is 28.0. The van der Waals surface area contributed by atoms with Crippen molar-refractivity contribution < 1.29 is 14.3 Å². The zero-order chi connectivity index (χ0) is 26.8. The van der Waals surface area contributed by atoms with E-state index < -0.39 is 6.04 Å². The van der Waals surface area contributed by atoms with Gasteiger partial charge in [-0.1, -0.05) is 93.1 Å². The summed E-state index contributed by atoms with van der Waals surface area (Å²) in [4.78, 5) is 28.9. The predicted octanol–water partition coefficient (Wildman–Crippen LogP) is 6.05. The summed E-state index contributed by atoms with van der Waals surface area (Å²) in [5.41, 5.74) is 4.29. The summed E-state index contributed by atoms with van der Waals surface area (Å²) in [5.74, 6) is 0.676. The van der Waals surface area contributed by atoms with Crippen molar-refractivity contribution in [2.45, 2.75) is 72.0 Å². The van der Waals surface area contributed by atoms with E-state index in [1.54, 1.807) is 4.90 Å². The van der Waals surface area contributed by atoms with Crippen molar-refractivity contribution in [2.75, 3.05) is 6.61 Å². The van der Waals surface area contributed by atoms with Gasteiger partial charge in [0.15, 0.2) is 6.61 Å². The van der Waals surface area contributed by atoms with Gasteiger partial charge in [-0.15, -0.1) is 0 Å². The van der Waals surface area contributed by atoms with Crippen LogP contribution in [0.4, 0.5) is 0 Å². The Hall–Kier alpha value is -3.60. The summed E-state index contributed by atoms with van der Waals surface area (Å²) in [6.45, 7) is 10.5. The van der Waals surface area contributed by atoms with Gasteiger partial charge in [-0.2, -0.15) is 0 Å². The maximum absolute atomic E-state index is 13.7. The fourth-order valence-corrected chi connectivity index (χ4v) is 4.18. The Morgan fingerprint density at radius 1 is 0.892 bits per heavy atom. The molecule has 2 amide bonds. The number of hydrogen-bond acceptors (Lipinski definition) is 3. The highest BCUT2D eigenvalue weighted by Gasteiger charge is 2.31. The molecule has 0 heterocycles. The summed E-state index contributed by atoms with van der Waals surface area (Å²) in [6.07, 6.45) is 1.23. The third-order valence-corrected chi connectivity index (χ3v) is 6.62. The summed E-state index contributed by atoms with van der Waals surface area (Å²) >= 11 is 0. The molecule has 0 aliphatic carbocycles. The van der Waals surface area contributed by atoms with Crippen LogP contribution < -0.4 is 10.1 Å². The molecule has 0 saturated carbocycles. The lowest BCUT2D eigenvalue weighted by molar-refractivity contribution is -0.143. The van der Waals surface area contributed by atoms with Crippen LogP contribution in [0.1, 0.15) is 62.3 Å². The molecule has 5 nitrogen and oxygen atoms in total. The van der Waals surface area contributed by atoms with E-state index in [1.807, 2.05) is 93.6 Å². The zero-order valence-corrected chi connectivity index (χ0v) is 22.7. The van der Waals surface area contributed by atoms with Crippen molar-refractivity contribution in [3.8, 4) is 5.75 Å². The number of benzene rings is 3. The van der Waals surface area contributed by atoms with E-state index in [0.29, 0.717) is 24.6 Å². The van der Waals surface area contributed by atoms with Crippen molar-refractivity contribution >= 4 is 11.8 Å². The number of rotatable bonds is 12. The van der Waals surface area contributed by atoms with E-state index in [9.17, 15) is 9.59 Å². The maximum atomic E-state index is 13.7. The molecule has 3 aromatic carbocycles. The van der Waals surface area contributed by atoms with E-state index in [1.165, 1.54) is 5.56 Å². The summed E-state index contributed by atoms with van der Waals surface area (Å²) in [6, 6.07) is 25.1. The minimum Gasteiger partial charge on any atom is -0.484 e. The van der Waals surface area contributed by atoms with Gasteiger partial charge in [-0.3, -0.25) is 9.59 Å². The largest absolute Gasteiger partial charge is 0.484 e. The highest BCUT2D eigenvalue weighted by Crippen LogP contribution is 2.20. The molecule has 1 N–H and O–H groups in total. The molecule has 0 spiro atoms. The summed E-state index contributed by atoms with van der Waals surface area (Å²) < 4.78 is 5.90. The summed E-state index contributed by atoms with van der Waals surface area (Å²) in [5, 5.41) is 3.10. The van der Waals surface area contributed by atoms with Crippen LogP contribution in [0.2, 0.25) is 0 Å². The first-order valence-electron chi connectivity index (χ1n) is 13.2. The lowest BCUT2D eigenvalue weighted by Gasteiger charge is -2.32. The second-order valence-electron chi connectivity index (χ2n) is 10.0. The average molecular weight is 501 g/mol. The number of aryl methyl sites for hydroxylation is 1. The van der Waals surface area contributed by atoms with E-state index in [2.05, 4.69) is 25.2 Å². The standard InChI is InChI=1S/C32H40N2O3/c1-6-25(5)33-32(36)30(20-26-12-8-7-9-13-26)34(21-27-14-10-11-24(4)19-27)31(35)22-37-29-17-15-28(16-18-29)23(2)3/h7-19,23,25,30H,6,20-22H2,1-5H3,(H,33,36)/t25-,30+/m0/s1. The van der Waals surface area contributed by atoms with Gasteiger partial charge in [0.2, 0.25) is 5.91 Å². The van der Waals surface area contributed by atoms with Crippen LogP contribution in [-0.2, 0) is 22.6 Å². The Morgan fingerprint density at radius 2 is 1.57 bits per heavy atom. The van der Waals surface area contributed by atoms with Crippen molar-refractivity contribution in [1.82, 2.24) is 10.2 Å². The van der Waals surface area contributed by atoms with Crippen molar-refractivity contribution in [3.63, 3.8) is 0 Å². The Balaban J connectivity index is 1.89. The van der Waals surface area contributed by atoms with Gasteiger partial charge in [0, 0.05) is 19.0 Å². The molecular weight excluding hydrogens is 460 g/mol. The summed E-state index contributed by atoms with van der Waals surface area (Å²) in [7, 11) is 0.